The van der Waals surface area contributed by atoms with Crippen LogP contribution < -0.4 is 9.46 Å². The van der Waals surface area contributed by atoms with E-state index in [-0.39, 0.29) is 0 Å². The van der Waals surface area contributed by atoms with Gasteiger partial charge in [0.1, 0.15) is 5.69 Å². The highest BCUT2D eigenvalue weighted by molar-refractivity contribution is 8.00. The number of nitrogens with one attached hydrogen (secondary N) is 1. The van der Waals surface area contributed by atoms with Crippen LogP contribution in [0.2, 0.25) is 0 Å². The fourth-order valence-electron chi connectivity index (χ4n) is 4.51. The molecule has 1 aromatic carbocycles. The summed E-state index contributed by atoms with van der Waals surface area (Å²) in [5.41, 5.74) is 4.89. The van der Waals surface area contributed by atoms with Crippen molar-refractivity contribution in [1.29, 1.82) is 0 Å². The average molecular weight is 428 g/mol. The first-order valence-electron chi connectivity index (χ1n) is 11.0. The van der Waals surface area contributed by atoms with E-state index in [2.05, 4.69) is 47.0 Å². The molecule has 1 aliphatic heterocycles. The molecule has 1 saturated carbocycles. The molecule has 2 heterocycles. The molecule has 5 nitrogen and oxygen atoms in total. The van der Waals surface area contributed by atoms with Gasteiger partial charge in [-0.3, -0.25) is 0 Å². The molecule has 0 saturated heterocycles. The second-order valence-electron chi connectivity index (χ2n) is 8.44. The Balaban J connectivity index is 1.40. The van der Waals surface area contributed by atoms with Crippen LogP contribution in [0, 0.1) is 0 Å². The van der Waals surface area contributed by atoms with E-state index in [1.54, 1.807) is 19.1 Å². The van der Waals surface area contributed by atoms with Gasteiger partial charge in [-0.25, -0.2) is 4.98 Å². The Labute approximate surface area is 184 Å². The summed E-state index contributed by atoms with van der Waals surface area (Å²) in [4.78, 5) is 8.35. The monoisotopic (exact) mass is 427 g/mol. The Kier molecular flexibility index (Phi) is 7.18. The molecular formula is C24H33N3O2S. The Hall–Kier alpha value is -1.76. The molecule has 1 aromatic heterocycles. The SMILES string of the molecule is COc1nc2c(cc1NSc1ccc(C3CCC(OC)CC3)cc1)CCN(C)CC2. The zero-order chi connectivity index (χ0) is 20.9. The van der Waals surface area contributed by atoms with E-state index in [4.69, 9.17) is 14.5 Å². The second-order valence-corrected chi connectivity index (χ2v) is 9.32. The zero-order valence-corrected chi connectivity index (χ0v) is 19.1. The molecule has 2 aliphatic rings. The van der Waals surface area contributed by atoms with Gasteiger partial charge in [-0.15, -0.1) is 0 Å². The molecule has 0 amide bonds. The number of hydrogen-bond acceptors (Lipinski definition) is 6. The topological polar surface area (TPSA) is 46.6 Å². The number of anilines is 1. The number of nitrogens with zero attached hydrogens (tertiary/aromatic N) is 2. The zero-order valence-electron chi connectivity index (χ0n) is 18.3. The summed E-state index contributed by atoms with van der Waals surface area (Å²) in [5, 5.41) is 0. The largest absolute Gasteiger partial charge is 0.479 e. The van der Waals surface area contributed by atoms with Gasteiger partial charge in [-0.2, -0.15) is 0 Å². The van der Waals surface area contributed by atoms with Crippen molar-refractivity contribution in [2.75, 3.05) is 39.1 Å². The van der Waals surface area contributed by atoms with Crippen LogP contribution in [0.15, 0.2) is 35.2 Å². The number of hydrogen-bond donors (Lipinski definition) is 1. The average Bonchev–Trinajstić information content (AvgIpc) is 2.98. The Morgan fingerprint density at radius 1 is 1.03 bits per heavy atom. The summed E-state index contributed by atoms with van der Waals surface area (Å²) >= 11 is 1.62. The van der Waals surface area contributed by atoms with Gasteiger partial charge in [0.05, 0.1) is 13.2 Å². The minimum atomic E-state index is 0.449. The van der Waals surface area contributed by atoms with E-state index in [0.717, 1.165) is 31.6 Å². The third-order valence-electron chi connectivity index (χ3n) is 6.48. The van der Waals surface area contributed by atoms with Crippen LogP contribution in [-0.4, -0.2) is 50.3 Å². The maximum absolute atomic E-state index is 5.57. The lowest BCUT2D eigenvalue weighted by Gasteiger charge is -2.27. The van der Waals surface area contributed by atoms with Crippen LogP contribution in [0.3, 0.4) is 0 Å². The van der Waals surface area contributed by atoms with Crippen molar-refractivity contribution in [3.63, 3.8) is 0 Å². The molecule has 162 valence electrons. The Morgan fingerprint density at radius 3 is 2.47 bits per heavy atom. The van der Waals surface area contributed by atoms with E-state index in [1.807, 2.05) is 7.11 Å². The van der Waals surface area contributed by atoms with Crippen molar-refractivity contribution >= 4 is 17.6 Å². The van der Waals surface area contributed by atoms with Crippen molar-refractivity contribution in [3.8, 4) is 5.88 Å². The Bertz CT molecular complexity index is 835. The van der Waals surface area contributed by atoms with Gasteiger partial charge >= 0.3 is 0 Å². The molecule has 0 bridgehead atoms. The van der Waals surface area contributed by atoms with Crippen molar-refractivity contribution in [3.05, 3.63) is 47.2 Å². The number of benzene rings is 1. The van der Waals surface area contributed by atoms with Gasteiger partial charge in [0.15, 0.2) is 0 Å². The third-order valence-corrected chi connectivity index (χ3v) is 7.31. The van der Waals surface area contributed by atoms with Crippen molar-refractivity contribution in [2.24, 2.45) is 0 Å². The van der Waals surface area contributed by atoms with Gasteiger partial charge in [0, 0.05) is 37.2 Å². The van der Waals surface area contributed by atoms with Crippen molar-refractivity contribution in [2.45, 2.75) is 55.4 Å². The number of methoxy groups -OCH3 is 2. The molecule has 1 N–H and O–H groups in total. The lowest BCUT2D eigenvalue weighted by molar-refractivity contribution is 0.0658. The Morgan fingerprint density at radius 2 is 1.77 bits per heavy atom. The molecule has 4 rings (SSSR count). The highest BCUT2D eigenvalue weighted by Gasteiger charge is 2.22. The summed E-state index contributed by atoms with van der Waals surface area (Å²) < 4.78 is 14.6. The molecule has 30 heavy (non-hydrogen) atoms. The number of pyridine rings is 1. The van der Waals surface area contributed by atoms with Gasteiger partial charge < -0.3 is 19.1 Å². The first-order valence-corrected chi connectivity index (χ1v) is 11.8. The molecule has 2 aromatic rings. The highest BCUT2D eigenvalue weighted by atomic mass is 32.2. The van der Waals surface area contributed by atoms with Crippen LogP contribution >= 0.6 is 11.9 Å². The van der Waals surface area contributed by atoms with Crippen LogP contribution in [0.1, 0.15) is 48.4 Å². The minimum Gasteiger partial charge on any atom is -0.479 e. The number of aromatic nitrogens is 1. The second kappa shape index (κ2) is 10.0. The van der Waals surface area contributed by atoms with Crippen LogP contribution in [0.25, 0.3) is 0 Å². The standard InChI is InChI=1S/C24H33N3O2S/c1-27-14-12-19-16-23(24(29-3)25-22(19)13-15-27)26-30-21-10-6-18(7-11-21)17-4-8-20(28-2)9-5-17/h6-7,10-11,16-17,20,26H,4-5,8-9,12-15H2,1-3H3. The fourth-order valence-corrected chi connectivity index (χ4v) is 5.16. The normalized spacial score (nSPS) is 22.2. The number of rotatable bonds is 6. The molecule has 1 aliphatic carbocycles. The van der Waals surface area contributed by atoms with E-state index >= 15 is 0 Å². The maximum Gasteiger partial charge on any atom is 0.238 e. The molecule has 0 radical (unpaired) electrons. The lowest BCUT2D eigenvalue weighted by Crippen LogP contribution is -2.20. The highest BCUT2D eigenvalue weighted by Crippen LogP contribution is 2.35. The van der Waals surface area contributed by atoms with Gasteiger partial charge in [-0.1, -0.05) is 12.1 Å². The number of fused-ring (bicyclic) bond motifs is 1. The molecule has 1 fully saturated rings. The molecule has 0 atom stereocenters. The lowest BCUT2D eigenvalue weighted by atomic mass is 9.83. The van der Waals surface area contributed by atoms with Crippen LogP contribution in [0.4, 0.5) is 5.69 Å². The van der Waals surface area contributed by atoms with E-state index < -0.39 is 0 Å². The molecule has 0 unspecified atom stereocenters. The van der Waals surface area contributed by atoms with E-state index in [0.29, 0.717) is 17.9 Å². The predicted octanol–water partition coefficient (Wildman–Crippen LogP) is 4.91. The molecule has 0 spiro atoms. The molecular weight excluding hydrogens is 394 g/mol. The first kappa shape index (κ1) is 21.5. The summed E-state index contributed by atoms with van der Waals surface area (Å²) in [7, 11) is 5.70. The van der Waals surface area contributed by atoms with Gasteiger partial charge in [0.25, 0.3) is 0 Å². The van der Waals surface area contributed by atoms with Gasteiger partial charge in [-0.05, 0) is 86.3 Å². The summed E-state index contributed by atoms with van der Waals surface area (Å²) in [6.07, 6.45) is 7.23. The van der Waals surface area contributed by atoms with Crippen molar-refractivity contribution < 1.29 is 9.47 Å². The quantitative estimate of drug-likeness (QED) is 0.661. The van der Waals surface area contributed by atoms with E-state index in [9.17, 15) is 0 Å². The smallest absolute Gasteiger partial charge is 0.238 e. The van der Waals surface area contributed by atoms with Gasteiger partial charge in [0.2, 0.25) is 5.88 Å². The number of likely N-dealkylation sites (N-methyl/N-ethyl adjacent to an activating group) is 1. The summed E-state index contributed by atoms with van der Waals surface area (Å²) in [5.74, 6) is 1.34. The maximum atomic E-state index is 5.57. The van der Waals surface area contributed by atoms with Crippen LogP contribution in [0.5, 0.6) is 5.88 Å². The molecule has 6 heteroatoms. The van der Waals surface area contributed by atoms with Crippen molar-refractivity contribution in [1.82, 2.24) is 9.88 Å². The summed E-state index contributed by atoms with van der Waals surface area (Å²) in [6, 6.07) is 11.2. The van der Waals surface area contributed by atoms with E-state index in [1.165, 1.54) is 47.4 Å². The number of ether oxygens (including phenoxy) is 2. The fraction of sp³-hybridized carbons (Fsp3) is 0.542. The first-order chi connectivity index (χ1) is 14.7. The minimum absolute atomic E-state index is 0.449. The third kappa shape index (κ3) is 5.10. The van der Waals surface area contributed by atoms with Crippen LogP contribution in [-0.2, 0) is 17.6 Å². The summed E-state index contributed by atoms with van der Waals surface area (Å²) in [6.45, 7) is 2.12. The predicted molar refractivity (Wildman–Crippen MR) is 124 cm³/mol.